The van der Waals surface area contributed by atoms with Gasteiger partial charge in [-0.2, -0.15) is 0 Å². The molecule has 0 aromatic heterocycles. The predicted molar refractivity (Wildman–Crippen MR) is 40.9 cm³/mol. The van der Waals surface area contributed by atoms with E-state index in [1.165, 1.54) is 12.1 Å². The molecule has 52 valence electrons. The van der Waals surface area contributed by atoms with Crippen LogP contribution in [0.5, 0.6) is 0 Å². The fourth-order valence-corrected chi connectivity index (χ4v) is 0.683. The van der Waals surface area contributed by atoms with Gasteiger partial charge < -0.3 is 15.6 Å². The fourth-order valence-electron chi connectivity index (χ4n) is 0.683. The number of nitrogens with two attached hydrogens (primary N) is 1. The summed E-state index contributed by atoms with van der Waals surface area (Å²) < 4.78 is 0. The van der Waals surface area contributed by atoms with Crippen LogP contribution in [0.2, 0.25) is 0 Å². The number of hydrogen-bond donors (Lipinski definition) is 1. The largest absolute Gasteiger partial charge is 2.00 e. The van der Waals surface area contributed by atoms with E-state index in [9.17, 15) is 9.90 Å². The van der Waals surface area contributed by atoms with E-state index in [0.717, 1.165) is 0 Å². The molecule has 0 atom stereocenters. The van der Waals surface area contributed by atoms with Gasteiger partial charge in [0.1, 0.15) is 0 Å². The molecule has 0 amide bonds. The Kier molecular flexibility index (Phi) is 4.49. The molecule has 0 unspecified atom stereocenters. The van der Waals surface area contributed by atoms with Gasteiger partial charge in [-0.1, -0.05) is 18.2 Å². The zero-order valence-corrected chi connectivity index (χ0v) is 8.12. The minimum atomic E-state index is -1.24. The molecular formula is C7H6CaNO2+. The van der Waals surface area contributed by atoms with E-state index >= 15 is 0 Å². The molecule has 0 spiro atoms. The molecule has 0 bridgehead atoms. The van der Waals surface area contributed by atoms with Crippen molar-refractivity contribution in [2.24, 2.45) is 0 Å². The Morgan fingerprint density at radius 3 is 2.27 bits per heavy atom. The van der Waals surface area contributed by atoms with Crippen molar-refractivity contribution < 1.29 is 9.90 Å². The molecule has 0 heterocycles. The van der Waals surface area contributed by atoms with Crippen molar-refractivity contribution in [3.63, 3.8) is 0 Å². The molecule has 0 fully saturated rings. The third kappa shape index (κ3) is 2.69. The third-order valence-corrected chi connectivity index (χ3v) is 1.18. The van der Waals surface area contributed by atoms with Gasteiger partial charge >= 0.3 is 37.7 Å². The minimum Gasteiger partial charge on any atom is -0.545 e. The van der Waals surface area contributed by atoms with Crippen molar-refractivity contribution in [2.75, 3.05) is 5.73 Å². The Balaban J connectivity index is 0.000001000. The average Bonchev–Trinajstić information content (AvgIpc) is 1.88. The Hall–Kier alpha value is -0.250. The number of nitrogen functional groups attached to an aromatic ring is 1. The topological polar surface area (TPSA) is 66.2 Å². The molecule has 0 saturated heterocycles. The van der Waals surface area contributed by atoms with E-state index < -0.39 is 5.97 Å². The quantitative estimate of drug-likeness (QED) is 0.452. The number of anilines is 1. The average molecular weight is 176 g/mol. The fraction of sp³-hybridized carbons (Fsp3) is 0. The molecule has 4 heteroatoms. The van der Waals surface area contributed by atoms with E-state index in [0.29, 0.717) is 0 Å². The summed E-state index contributed by atoms with van der Waals surface area (Å²) in [7, 11) is 0. The molecule has 1 aromatic rings. The number of hydrogen-bond acceptors (Lipinski definition) is 3. The van der Waals surface area contributed by atoms with E-state index in [1.54, 1.807) is 12.1 Å². The summed E-state index contributed by atoms with van der Waals surface area (Å²) in [6, 6.07) is 6.19. The maximum atomic E-state index is 10.2. The third-order valence-electron chi connectivity index (χ3n) is 1.18. The molecule has 11 heavy (non-hydrogen) atoms. The Morgan fingerprint density at radius 2 is 1.91 bits per heavy atom. The van der Waals surface area contributed by atoms with Crippen molar-refractivity contribution in [3.8, 4) is 0 Å². The SMILES string of the molecule is Nc1ccccc1C(=O)[O-].[Ca+2]. The molecule has 1 rings (SSSR count). The van der Waals surface area contributed by atoms with Gasteiger partial charge in [-0.05, 0) is 6.07 Å². The van der Waals surface area contributed by atoms with Crippen LogP contribution in [0, 0.1) is 0 Å². The van der Waals surface area contributed by atoms with Crippen LogP contribution in [-0.4, -0.2) is 43.7 Å². The minimum absolute atomic E-state index is 0. The van der Waals surface area contributed by atoms with Crippen LogP contribution in [0.15, 0.2) is 24.3 Å². The number of benzene rings is 1. The van der Waals surface area contributed by atoms with Crippen molar-refractivity contribution >= 4 is 49.4 Å². The molecule has 0 radical (unpaired) electrons. The van der Waals surface area contributed by atoms with Crippen LogP contribution >= 0.6 is 0 Å². The van der Waals surface area contributed by atoms with Crippen molar-refractivity contribution in [1.82, 2.24) is 0 Å². The van der Waals surface area contributed by atoms with E-state index in [-0.39, 0.29) is 49.0 Å². The first-order chi connectivity index (χ1) is 4.72. The van der Waals surface area contributed by atoms with Gasteiger partial charge in [0.2, 0.25) is 0 Å². The normalized spacial score (nSPS) is 8.36. The number of para-hydroxylation sites is 1. The van der Waals surface area contributed by atoms with Crippen LogP contribution in [0.4, 0.5) is 5.69 Å². The molecule has 0 aliphatic carbocycles. The molecule has 0 aliphatic heterocycles. The first-order valence-corrected chi connectivity index (χ1v) is 2.77. The molecule has 1 aromatic carbocycles. The maximum Gasteiger partial charge on any atom is 2.00 e. The van der Waals surface area contributed by atoms with Gasteiger partial charge in [0, 0.05) is 11.3 Å². The summed E-state index contributed by atoms with van der Waals surface area (Å²) in [5.41, 5.74) is 5.58. The van der Waals surface area contributed by atoms with Gasteiger partial charge in [-0.15, -0.1) is 0 Å². The summed E-state index contributed by atoms with van der Waals surface area (Å²) in [5.74, 6) is -1.24. The Morgan fingerprint density at radius 1 is 1.36 bits per heavy atom. The zero-order valence-electron chi connectivity index (χ0n) is 5.91. The number of carboxylic acid groups (broad SMARTS) is 1. The van der Waals surface area contributed by atoms with Gasteiger partial charge in [-0.25, -0.2) is 0 Å². The van der Waals surface area contributed by atoms with Gasteiger partial charge in [0.25, 0.3) is 0 Å². The second-order valence-electron chi connectivity index (χ2n) is 1.87. The summed E-state index contributed by atoms with van der Waals surface area (Å²) >= 11 is 0. The Bertz CT molecular complexity index is 262. The first-order valence-electron chi connectivity index (χ1n) is 2.77. The summed E-state index contributed by atoms with van der Waals surface area (Å²) in [6.45, 7) is 0. The summed E-state index contributed by atoms with van der Waals surface area (Å²) in [4.78, 5) is 10.2. The van der Waals surface area contributed by atoms with Crippen LogP contribution in [0.1, 0.15) is 10.4 Å². The van der Waals surface area contributed by atoms with E-state index in [4.69, 9.17) is 5.73 Å². The summed E-state index contributed by atoms with van der Waals surface area (Å²) in [5, 5.41) is 10.2. The molecule has 3 nitrogen and oxygen atoms in total. The number of aromatic carboxylic acids is 1. The number of carbonyl (C=O) groups excluding carboxylic acids is 1. The number of carboxylic acids is 1. The van der Waals surface area contributed by atoms with Crippen LogP contribution in [0.3, 0.4) is 0 Å². The second-order valence-corrected chi connectivity index (χ2v) is 1.87. The second kappa shape index (κ2) is 4.59. The standard InChI is InChI=1S/C7H7NO2.Ca/c8-6-4-2-1-3-5(6)7(9)10;/h1-4H,8H2,(H,9,10);/q;+2/p-1. The maximum absolute atomic E-state index is 10.2. The molecule has 0 saturated carbocycles. The Labute approximate surface area is 94.2 Å². The van der Waals surface area contributed by atoms with Crippen molar-refractivity contribution in [2.45, 2.75) is 0 Å². The molecule has 2 N–H and O–H groups in total. The monoisotopic (exact) mass is 176 g/mol. The predicted octanol–water partition coefficient (Wildman–Crippen LogP) is -0.749. The van der Waals surface area contributed by atoms with Crippen molar-refractivity contribution in [1.29, 1.82) is 0 Å². The van der Waals surface area contributed by atoms with Gasteiger partial charge in [0.05, 0.1) is 5.97 Å². The number of rotatable bonds is 1. The van der Waals surface area contributed by atoms with E-state index in [2.05, 4.69) is 0 Å². The van der Waals surface area contributed by atoms with Crippen molar-refractivity contribution in [3.05, 3.63) is 29.8 Å². The van der Waals surface area contributed by atoms with Gasteiger partial charge in [0.15, 0.2) is 0 Å². The molecule has 0 aliphatic rings. The first kappa shape index (κ1) is 10.7. The van der Waals surface area contributed by atoms with Crippen LogP contribution in [0.25, 0.3) is 0 Å². The van der Waals surface area contributed by atoms with Crippen LogP contribution in [-0.2, 0) is 0 Å². The molecular weight excluding hydrogens is 170 g/mol. The van der Waals surface area contributed by atoms with E-state index in [1.807, 2.05) is 0 Å². The smallest absolute Gasteiger partial charge is 0.545 e. The zero-order chi connectivity index (χ0) is 7.56. The number of carbonyl (C=O) groups is 1. The van der Waals surface area contributed by atoms with Gasteiger partial charge in [-0.3, -0.25) is 0 Å². The van der Waals surface area contributed by atoms with Crippen LogP contribution < -0.4 is 10.8 Å². The summed E-state index contributed by atoms with van der Waals surface area (Å²) in [6.07, 6.45) is 0.